The third kappa shape index (κ3) is 3.78. The second kappa shape index (κ2) is 7.42. The highest BCUT2D eigenvalue weighted by Crippen LogP contribution is 2.33. The van der Waals surface area contributed by atoms with E-state index in [2.05, 4.69) is 30.7 Å². The summed E-state index contributed by atoms with van der Waals surface area (Å²) in [4.78, 5) is 31.3. The number of ether oxygens (including phenoxy) is 1. The number of carbonyl (C=O) groups excluding carboxylic acids is 1. The number of aryl methyl sites for hydroxylation is 2. The summed E-state index contributed by atoms with van der Waals surface area (Å²) < 4.78 is 44.3. The van der Waals surface area contributed by atoms with Crippen molar-refractivity contribution in [1.82, 2.24) is 19.3 Å². The van der Waals surface area contributed by atoms with Gasteiger partial charge in [0, 0.05) is 19.3 Å². The lowest BCUT2D eigenvalue weighted by Crippen LogP contribution is -2.39. The number of benzene rings is 1. The molecule has 0 spiro atoms. The predicted molar refractivity (Wildman–Crippen MR) is 104 cm³/mol. The van der Waals surface area contributed by atoms with Gasteiger partial charge in [0.05, 0.1) is 0 Å². The fraction of sp³-hybridized carbons (Fsp3) is 0.333. The first-order valence-corrected chi connectivity index (χ1v) is 9.70. The van der Waals surface area contributed by atoms with E-state index in [0.29, 0.717) is 40.9 Å². The first-order chi connectivity index (χ1) is 14.1. The molecule has 30 heavy (non-hydrogen) atoms. The van der Waals surface area contributed by atoms with Gasteiger partial charge >= 0.3 is 6.36 Å². The van der Waals surface area contributed by atoms with E-state index in [9.17, 15) is 22.8 Å². The Kier molecular flexibility index (Phi) is 5.04. The third-order valence-electron chi connectivity index (χ3n) is 4.78. The molecule has 0 fully saturated rings. The van der Waals surface area contributed by atoms with Gasteiger partial charge in [0.15, 0.2) is 5.65 Å². The number of amides is 1. The van der Waals surface area contributed by atoms with Gasteiger partial charge in [0.1, 0.15) is 28.6 Å². The SMILES string of the molecule is Cn1nc(Br)c2c(=O)n(CC(=O)N3CCCc4cc(OC(F)(F)F)ccc43)cnc21. The van der Waals surface area contributed by atoms with Gasteiger partial charge in [-0.15, -0.1) is 13.2 Å². The summed E-state index contributed by atoms with van der Waals surface area (Å²) in [5.41, 5.74) is 1.05. The zero-order chi connectivity index (χ0) is 21.6. The van der Waals surface area contributed by atoms with Crippen LogP contribution in [0.15, 0.2) is 33.9 Å². The Morgan fingerprint density at radius 1 is 1.33 bits per heavy atom. The lowest BCUT2D eigenvalue weighted by Gasteiger charge is -2.30. The van der Waals surface area contributed by atoms with Crippen LogP contribution in [-0.2, 0) is 24.8 Å². The number of rotatable bonds is 3. The molecule has 0 N–H and O–H groups in total. The fourth-order valence-corrected chi connectivity index (χ4v) is 4.09. The highest BCUT2D eigenvalue weighted by atomic mass is 79.9. The van der Waals surface area contributed by atoms with Crippen molar-refractivity contribution in [3.8, 4) is 5.75 Å². The first-order valence-electron chi connectivity index (χ1n) is 8.91. The van der Waals surface area contributed by atoms with Crippen LogP contribution in [0.2, 0.25) is 0 Å². The summed E-state index contributed by atoms with van der Waals surface area (Å²) in [5, 5.41) is 4.36. The topological polar surface area (TPSA) is 82.2 Å². The van der Waals surface area contributed by atoms with Crippen LogP contribution in [0.25, 0.3) is 11.0 Å². The summed E-state index contributed by atoms with van der Waals surface area (Å²) in [7, 11) is 1.65. The second-order valence-corrected chi connectivity index (χ2v) is 7.53. The Hall–Kier alpha value is -2.89. The number of hydrogen-bond acceptors (Lipinski definition) is 5. The maximum absolute atomic E-state index is 12.9. The molecule has 0 aliphatic carbocycles. The normalized spacial score (nSPS) is 14.1. The summed E-state index contributed by atoms with van der Waals surface area (Å²) in [6, 6.07) is 3.88. The fourth-order valence-electron chi connectivity index (χ4n) is 3.51. The maximum Gasteiger partial charge on any atom is 0.573 e. The lowest BCUT2D eigenvalue weighted by molar-refractivity contribution is -0.274. The van der Waals surface area contributed by atoms with Crippen LogP contribution in [0, 0.1) is 0 Å². The summed E-state index contributed by atoms with van der Waals surface area (Å²) >= 11 is 3.22. The molecule has 4 rings (SSSR count). The quantitative estimate of drug-likeness (QED) is 0.569. The van der Waals surface area contributed by atoms with Crippen molar-refractivity contribution < 1.29 is 22.7 Å². The van der Waals surface area contributed by atoms with E-state index >= 15 is 0 Å². The van der Waals surface area contributed by atoms with Crippen molar-refractivity contribution in [1.29, 1.82) is 0 Å². The Balaban J connectivity index is 1.61. The van der Waals surface area contributed by atoms with Gasteiger partial charge in [0.2, 0.25) is 5.91 Å². The first kappa shape index (κ1) is 20.4. The van der Waals surface area contributed by atoms with E-state index in [1.165, 1.54) is 38.7 Å². The molecule has 1 aliphatic rings. The van der Waals surface area contributed by atoms with Crippen molar-refractivity contribution in [2.45, 2.75) is 25.7 Å². The van der Waals surface area contributed by atoms with E-state index < -0.39 is 11.9 Å². The average molecular weight is 486 g/mol. The van der Waals surface area contributed by atoms with Crippen LogP contribution in [-0.4, -0.2) is 38.1 Å². The van der Waals surface area contributed by atoms with Crippen molar-refractivity contribution in [2.24, 2.45) is 7.05 Å². The molecule has 0 atom stereocenters. The summed E-state index contributed by atoms with van der Waals surface area (Å²) in [6.07, 6.45) is -2.41. The molecule has 3 heterocycles. The standard InChI is InChI=1S/C18H15BrF3N5O3/c1-25-16-14(15(19)24-25)17(29)26(9-23-16)8-13(28)27-6-2-3-10-7-11(4-5-12(10)27)30-18(20,21)22/h4-5,7,9H,2-3,6,8H2,1H3. The minimum Gasteiger partial charge on any atom is -0.406 e. The number of anilines is 1. The Morgan fingerprint density at radius 3 is 2.83 bits per heavy atom. The number of halogens is 4. The molecule has 0 saturated heterocycles. The Morgan fingerprint density at radius 2 is 2.10 bits per heavy atom. The zero-order valence-electron chi connectivity index (χ0n) is 15.6. The van der Waals surface area contributed by atoms with Gasteiger partial charge in [-0.25, -0.2) is 9.67 Å². The highest BCUT2D eigenvalue weighted by molar-refractivity contribution is 9.10. The van der Waals surface area contributed by atoms with Crippen molar-refractivity contribution in [3.05, 3.63) is 45.0 Å². The van der Waals surface area contributed by atoms with Crippen LogP contribution in [0.5, 0.6) is 5.75 Å². The minimum absolute atomic E-state index is 0.261. The summed E-state index contributed by atoms with van der Waals surface area (Å²) in [5.74, 6) is -0.702. The van der Waals surface area contributed by atoms with Crippen LogP contribution >= 0.6 is 15.9 Å². The van der Waals surface area contributed by atoms with Gasteiger partial charge in [-0.3, -0.25) is 14.2 Å². The monoisotopic (exact) mass is 485 g/mol. The highest BCUT2D eigenvalue weighted by Gasteiger charge is 2.32. The van der Waals surface area contributed by atoms with Crippen LogP contribution in [0.1, 0.15) is 12.0 Å². The molecular formula is C18H15BrF3N5O3. The van der Waals surface area contributed by atoms with Crippen LogP contribution in [0.3, 0.4) is 0 Å². The van der Waals surface area contributed by atoms with Gasteiger partial charge in [-0.2, -0.15) is 5.10 Å². The third-order valence-corrected chi connectivity index (χ3v) is 5.33. The number of carbonyl (C=O) groups is 1. The van der Waals surface area contributed by atoms with E-state index in [1.54, 1.807) is 7.05 Å². The van der Waals surface area contributed by atoms with Gasteiger partial charge in [-0.1, -0.05) is 0 Å². The maximum atomic E-state index is 12.9. The molecule has 0 bridgehead atoms. The molecular weight excluding hydrogens is 471 g/mol. The molecule has 12 heteroatoms. The van der Waals surface area contributed by atoms with E-state index in [1.807, 2.05) is 0 Å². The smallest absolute Gasteiger partial charge is 0.406 e. The molecule has 0 unspecified atom stereocenters. The molecule has 1 amide bonds. The number of aromatic nitrogens is 4. The second-order valence-electron chi connectivity index (χ2n) is 6.78. The Bertz CT molecular complexity index is 1200. The lowest BCUT2D eigenvalue weighted by atomic mass is 10.0. The number of alkyl halides is 3. The molecule has 2 aromatic heterocycles. The molecule has 3 aromatic rings. The van der Waals surface area contributed by atoms with Gasteiger partial charge in [0.25, 0.3) is 5.56 Å². The molecule has 0 saturated carbocycles. The minimum atomic E-state index is -4.79. The van der Waals surface area contributed by atoms with Crippen LogP contribution in [0.4, 0.5) is 18.9 Å². The van der Waals surface area contributed by atoms with E-state index in [0.717, 1.165) is 0 Å². The average Bonchev–Trinajstić information content (AvgIpc) is 2.96. The van der Waals surface area contributed by atoms with Crippen molar-refractivity contribution in [2.75, 3.05) is 11.4 Å². The molecule has 8 nitrogen and oxygen atoms in total. The molecule has 0 radical (unpaired) electrons. The summed E-state index contributed by atoms with van der Waals surface area (Å²) in [6.45, 7) is 0.135. The number of hydrogen-bond donors (Lipinski definition) is 0. The molecule has 158 valence electrons. The van der Waals surface area contributed by atoms with Crippen molar-refractivity contribution >= 4 is 38.6 Å². The molecule has 1 aromatic carbocycles. The zero-order valence-corrected chi connectivity index (χ0v) is 17.2. The molecule has 1 aliphatic heterocycles. The number of fused-ring (bicyclic) bond motifs is 2. The van der Waals surface area contributed by atoms with E-state index in [4.69, 9.17) is 0 Å². The predicted octanol–water partition coefficient (Wildman–Crippen LogP) is 2.77. The number of nitrogens with zero attached hydrogens (tertiary/aromatic N) is 5. The van der Waals surface area contributed by atoms with Crippen molar-refractivity contribution in [3.63, 3.8) is 0 Å². The van der Waals surface area contributed by atoms with Gasteiger partial charge in [-0.05, 0) is 52.5 Å². The largest absolute Gasteiger partial charge is 0.573 e. The van der Waals surface area contributed by atoms with Crippen LogP contribution < -0.4 is 15.2 Å². The van der Waals surface area contributed by atoms with E-state index in [-0.39, 0.29) is 23.6 Å². The van der Waals surface area contributed by atoms with Gasteiger partial charge < -0.3 is 9.64 Å². The Labute approximate surface area is 176 Å².